The largest absolute Gasteiger partial charge is 0.240 e. The van der Waals surface area contributed by atoms with Gasteiger partial charge in [-0.1, -0.05) is 37.8 Å². The Morgan fingerprint density at radius 1 is 1.14 bits per heavy atom. The topological polar surface area (TPSA) is 59.1 Å². The number of aromatic nitrogens is 1. The number of unbranched alkanes of at least 4 members (excludes halogenated alkanes) is 3. The SMILES string of the molecule is CCCCCCNS(=O)(=O)c1ccc2nc(Cl)ccc2c1. The number of benzene rings is 1. The van der Waals surface area contributed by atoms with Gasteiger partial charge in [0.1, 0.15) is 5.15 Å². The van der Waals surface area contributed by atoms with Crippen LogP contribution in [0.1, 0.15) is 32.6 Å². The fourth-order valence-corrected chi connectivity index (χ4v) is 3.35. The van der Waals surface area contributed by atoms with Crippen molar-refractivity contribution in [3.8, 4) is 0 Å². The van der Waals surface area contributed by atoms with Crippen LogP contribution in [0.25, 0.3) is 10.9 Å². The average Bonchev–Trinajstić information content (AvgIpc) is 2.46. The number of hydrogen-bond donors (Lipinski definition) is 1. The molecule has 1 aromatic heterocycles. The molecule has 114 valence electrons. The molecule has 1 N–H and O–H groups in total. The van der Waals surface area contributed by atoms with Crippen molar-refractivity contribution in [2.45, 2.75) is 37.5 Å². The number of halogens is 1. The second kappa shape index (κ2) is 7.20. The van der Waals surface area contributed by atoms with Crippen molar-refractivity contribution in [1.29, 1.82) is 0 Å². The first-order valence-corrected chi connectivity index (χ1v) is 8.95. The number of pyridine rings is 1. The molecule has 6 heteroatoms. The zero-order chi connectivity index (χ0) is 15.3. The van der Waals surface area contributed by atoms with E-state index in [0.717, 1.165) is 31.1 Å². The van der Waals surface area contributed by atoms with Gasteiger partial charge in [-0.15, -0.1) is 0 Å². The minimum Gasteiger partial charge on any atom is -0.236 e. The van der Waals surface area contributed by atoms with Crippen molar-refractivity contribution < 1.29 is 8.42 Å². The van der Waals surface area contributed by atoms with Gasteiger partial charge in [0.05, 0.1) is 10.4 Å². The second-order valence-electron chi connectivity index (χ2n) is 4.95. The molecule has 0 bridgehead atoms. The Morgan fingerprint density at radius 2 is 1.95 bits per heavy atom. The summed E-state index contributed by atoms with van der Waals surface area (Å²) in [6.45, 7) is 2.60. The highest BCUT2D eigenvalue weighted by molar-refractivity contribution is 7.89. The first-order valence-electron chi connectivity index (χ1n) is 7.09. The summed E-state index contributed by atoms with van der Waals surface area (Å²) in [7, 11) is -3.46. The van der Waals surface area contributed by atoms with E-state index >= 15 is 0 Å². The highest BCUT2D eigenvalue weighted by Gasteiger charge is 2.13. The summed E-state index contributed by atoms with van der Waals surface area (Å²) >= 11 is 5.82. The highest BCUT2D eigenvalue weighted by Crippen LogP contribution is 2.19. The zero-order valence-electron chi connectivity index (χ0n) is 12.0. The van der Waals surface area contributed by atoms with Gasteiger partial charge in [-0.2, -0.15) is 0 Å². The molecule has 0 fully saturated rings. The Bertz CT molecular complexity index is 717. The van der Waals surface area contributed by atoms with E-state index in [2.05, 4.69) is 16.6 Å². The molecule has 0 amide bonds. The molecule has 0 unspecified atom stereocenters. The van der Waals surface area contributed by atoms with Gasteiger partial charge in [0, 0.05) is 11.9 Å². The van der Waals surface area contributed by atoms with Crippen LogP contribution in [0.3, 0.4) is 0 Å². The van der Waals surface area contributed by atoms with Crippen molar-refractivity contribution in [2.24, 2.45) is 0 Å². The smallest absolute Gasteiger partial charge is 0.236 e. The van der Waals surface area contributed by atoms with E-state index in [-0.39, 0.29) is 4.90 Å². The summed E-state index contributed by atoms with van der Waals surface area (Å²) in [5, 5.41) is 1.15. The van der Waals surface area contributed by atoms with E-state index in [1.54, 1.807) is 30.3 Å². The van der Waals surface area contributed by atoms with Crippen molar-refractivity contribution in [3.05, 3.63) is 35.5 Å². The lowest BCUT2D eigenvalue weighted by Crippen LogP contribution is -2.24. The minimum atomic E-state index is -3.46. The van der Waals surface area contributed by atoms with Gasteiger partial charge >= 0.3 is 0 Å². The zero-order valence-corrected chi connectivity index (χ0v) is 13.5. The summed E-state index contributed by atoms with van der Waals surface area (Å²) in [4.78, 5) is 4.40. The van der Waals surface area contributed by atoms with Crippen LogP contribution < -0.4 is 4.72 Å². The van der Waals surface area contributed by atoms with E-state index in [4.69, 9.17) is 11.6 Å². The van der Waals surface area contributed by atoms with Crippen molar-refractivity contribution >= 4 is 32.5 Å². The van der Waals surface area contributed by atoms with Gasteiger partial charge in [0.15, 0.2) is 0 Å². The third-order valence-electron chi connectivity index (χ3n) is 3.26. The molecule has 0 spiro atoms. The van der Waals surface area contributed by atoms with E-state index in [0.29, 0.717) is 17.2 Å². The molecule has 2 rings (SSSR count). The molecule has 1 aromatic carbocycles. The summed E-state index contributed by atoms with van der Waals surface area (Å²) < 4.78 is 27.1. The van der Waals surface area contributed by atoms with Crippen LogP contribution in [-0.2, 0) is 10.0 Å². The van der Waals surface area contributed by atoms with Gasteiger partial charge < -0.3 is 0 Å². The van der Waals surface area contributed by atoms with Crippen LogP contribution in [0.4, 0.5) is 0 Å². The Kier molecular flexibility index (Phi) is 5.56. The molecule has 1 heterocycles. The number of nitrogens with one attached hydrogen (secondary N) is 1. The van der Waals surface area contributed by atoms with Crippen LogP contribution in [-0.4, -0.2) is 19.9 Å². The normalized spacial score (nSPS) is 11.9. The van der Waals surface area contributed by atoms with Gasteiger partial charge in [-0.25, -0.2) is 18.1 Å². The molecule has 0 atom stereocenters. The Hall–Kier alpha value is -1.17. The Labute approximate surface area is 130 Å². The van der Waals surface area contributed by atoms with Crippen LogP contribution in [0.5, 0.6) is 0 Å². The van der Waals surface area contributed by atoms with E-state index < -0.39 is 10.0 Å². The molecule has 2 aromatic rings. The van der Waals surface area contributed by atoms with E-state index in [1.807, 2.05) is 0 Å². The number of rotatable bonds is 7. The van der Waals surface area contributed by atoms with Crippen molar-refractivity contribution in [1.82, 2.24) is 9.71 Å². The first-order chi connectivity index (χ1) is 10.0. The molecule has 0 saturated carbocycles. The fourth-order valence-electron chi connectivity index (χ4n) is 2.09. The fraction of sp³-hybridized carbons (Fsp3) is 0.400. The third kappa shape index (κ3) is 4.40. The highest BCUT2D eigenvalue weighted by atomic mass is 35.5. The maximum atomic E-state index is 12.2. The second-order valence-corrected chi connectivity index (χ2v) is 7.10. The molecule has 0 aliphatic rings. The summed E-state index contributed by atoms with van der Waals surface area (Å²) in [6, 6.07) is 8.27. The average molecular weight is 327 g/mol. The van der Waals surface area contributed by atoms with E-state index in [9.17, 15) is 8.42 Å². The molecule has 0 aliphatic heterocycles. The molecule has 0 saturated heterocycles. The quantitative estimate of drug-likeness (QED) is 0.622. The van der Waals surface area contributed by atoms with Gasteiger partial charge in [-0.05, 0) is 36.8 Å². The summed E-state index contributed by atoms with van der Waals surface area (Å²) in [5.41, 5.74) is 0.685. The maximum absolute atomic E-state index is 12.2. The van der Waals surface area contributed by atoms with Crippen molar-refractivity contribution in [2.75, 3.05) is 6.54 Å². The lowest BCUT2D eigenvalue weighted by atomic mass is 10.2. The number of sulfonamides is 1. The summed E-state index contributed by atoms with van der Waals surface area (Å²) in [5.74, 6) is 0. The molecule has 0 radical (unpaired) electrons. The predicted octanol–water partition coefficient (Wildman–Crippen LogP) is 3.75. The third-order valence-corrected chi connectivity index (χ3v) is 4.93. The molecular formula is C15H19ClN2O2S. The monoisotopic (exact) mass is 326 g/mol. The van der Waals surface area contributed by atoms with Crippen molar-refractivity contribution in [3.63, 3.8) is 0 Å². The van der Waals surface area contributed by atoms with Crippen LogP contribution in [0, 0.1) is 0 Å². The Balaban J connectivity index is 2.11. The van der Waals surface area contributed by atoms with Gasteiger partial charge in [0.25, 0.3) is 0 Å². The van der Waals surface area contributed by atoms with Crippen LogP contribution in [0.2, 0.25) is 5.15 Å². The number of hydrogen-bond acceptors (Lipinski definition) is 3. The van der Waals surface area contributed by atoms with Gasteiger partial charge in [0.2, 0.25) is 10.0 Å². The lowest BCUT2D eigenvalue weighted by Gasteiger charge is -2.07. The summed E-state index contributed by atoms with van der Waals surface area (Å²) in [6.07, 6.45) is 4.16. The molecular weight excluding hydrogens is 308 g/mol. The number of fused-ring (bicyclic) bond motifs is 1. The first kappa shape index (κ1) is 16.2. The standard InChI is InChI=1S/C15H19ClN2O2S/c1-2-3-4-5-10-17-21(19,20)13-7-8-14-12(11-13)6-9-15(16)18-14/h6-9,11,17H,2-5,10H2,1H3. The van der Waals surface area contributed by atoms with E-state index in [1.165, 1.54) is 0 Å². The predicted molar refractivity (Wildman–Crippen MR) is 86.1 cm³/mol. The van der Waals surface area contributed by atoms with Crippen LogP contribution in [0.15, 0.2) is 35.2 Å². The Morgan fingerprint density at radius 3 is 2.71 bits per heavy atom. The van der Waals surface area contributed by atoms with Gasteiger partial charge in [-0.3, -0.25) is 0 Å². The molecule has 0 aliphatic carbocycles. The lowest BCUT2D eigenvalue weighted by molar-refractivity contribution is 0.574. The van der Waals surface area contributed by atoms with Crippen LogP contribution >= 0.6 is 11.6 Å². The molecule has 4 nitrogen and oxygen atoms in total. The molecule has 21 heavy (non-hydrogen) atoms. The number of nitrogens with zero attached hydrogens (tertiary/aromatic N) is 1. The minimum absolute atomic E-state index is 0.259. The maximum Gasteiger partial charge on any atom is 0.240 e.